The van der Waals surface area contributed by atoms with E-state index in [0.29, 0.717) is 19.4 Å². The van der Waals surface area contributed by atoms with E-state index in [2.05, 4.69) is 16.9 Å². The van der Waals surface area contributed by atoms with Gasteiger partial charge in [-0.2, -0.15) is 0 Å². The largest absolute Gasteiger partial charge is 0.394 e. The van der Waals surface area contributed by atoms with Gasteiger partial charge in [0.1, 0.15) is 18.0 Å². The van der Waals surface area contributed by atoms with Crippen LogP contribution in [0.5, 0.6) is 0 Å². The number of aliphatic hydroxyl groups is 2. The van der Waals surface area contributed by atoms with Gasteiger partial charge in [0.05, 0.1) is 18.8 Å². The van der Waals surface area contributed by atoms with Crippen molar-refractivity contribution in [2.24, 2.45) is 0 Å². The number of anilines is 1. The van der Waals surface area contributed by atoms with Gasteiger partial charge in [0, 0.05) is 18.3 Å². The van der Waals surface area contributed by atoms with Gasteiger partial charge in [0.25, 0.3) is 0 Å². The van der Waals surface area contributed by atoms with Gasteiger partial charge in [-0.15, -0.1) is 0 Å². The third-order valence-electron chi connectivity index (χ3n) is 4.56. The zero-order chi connectivity index (χ0) is 17.1. The summed E-state index contributed by atoms with van der Waals surface area (Å²) >= 11 is 0. The molecule has 5 nitrogen and oxygen atoms in total. The van der Waals surface area contributed by atoms with Crippen molar-refractivity contribution in [3.8, 4) is 0 Å². The lowest BCUT2D eigenvalue weighted by molar-refractivity contribution is 0.184. The van der Waals surface area contributed by atoms with Gasteiger partial charge in [-0.3, -0.25) is 0 Å². The maximum Gasteiger partial charge on any atom is 0.132 e. The highest BCUT2D eigenvalue weighted by atomic mass is 19.1. The SMILES string of the molecule is CC(Cc1cc(N2C[C@H](O)C[C@H]2CO)ncn1)c1ccc(F)cc1. The second kappa shape index (κ2) is 7.23. The number of aromatic nitrogens is 2. The van der Waals surface area contributed by atoms with Crippen molar-refractivity contribution >= 4 is 5.82 Å². The highest BCUT2D eigenvalue weighted by molar-refractivity contribution is 5.42. The van der Waals surface area contributed by atoms with E-state index in [1.807, 2.05) is 11.0 Å². The molecule has 0 aliphatic carbocycles. The number of nitrogens with zero attached hydrogens (tertiary/aromatic N) is 3. The van der Waals surface area contributed by atoms with E-state index in [0.717, 1.165) is 17.1 Å². The molecule has 3 atom stereocenters. The highest BCUT2D eigenvalue weighted by Crippen LogP contribution is 2.26. The Labute approximate surface area is 140 Å². The number of benzene rings is 1. The molecule has 1 fully saturated rings. The zero-order valence-corrected chi connectivity index (χ0v) is 13.6. The fourth-order valence-corrected chi connectivity index (χ4v) is 3.22. The van der Waals surface area contributed by atoms with Crippen molar-refractivity contribution in [1.29, 1.82) is 0 Å². The van der Waals surface area contributed by atoms with Crippen LogP contribution in [0.2, 0.25) is 0 Å². The number of aliphatic hydroxyl groups excluding tert-OH is 2. The number of rotatable bonds is 5. The van der Waals surface area contributed by atoms with E-state index in [-0.39, 0.29) is 24.4 Å². The predicted octanol–water partition coefficient (Wildman–Crippen LogP) is 1.89. The molecule has 2 heterocycles. The van der Waals surface area contributed by atoms with Gasteiger partial charge < -0.3 is 15.1 Å². The minimum atomic E-state index is -0.446. The summed E-state index contributed by atoms with van der Waals surface area (Å²) in [5.74, 6) is 0.686. The van der Waals surface area contributed by atoms with Crippen LogP contribution in [0.1, 0.15) is 30.5 Å². The summed E-state index contributed by atoms with van der Waals surface area (Å²) in [6, 6.07) is 8.31. The lowest BCUT2D eigenvalue weighted by Crippen LogP contribution is -2.33. The minimum Gasteiger partial charge on any atom is -0.394 e. The van der Waals surface area contributed by atoms with E-state index in [4.69, 9.17) is 0 Å². The second-order valence-corrected chi connectivity index (χ2v) is 6.40. The lowest BCUT2D eigenvalue weighted by Gasteiger charge is -2.24. The van der Waals surface area contributed by atoms with Crippen LogP contribution in [-0.2, 0) is 6.42 Å². The Bertz CT molecular complexity index is 680. The number of hydrogen-bond acceptors (Lipinski definition) is 5. The summed E-state index contributed by atoms with van der Waals surface area (Å²) < 4.78 is 13.0. The molecule has 1 aliphatic rings. The second-order valence-electron chi connectivity index (χ2n) is 6.40. The number of hydrogen-bond donors (Lipinski definition) is 2. The van der Waals surface area contributed by atoms with Crippen molar-refractivity contribution < 1.29 is 14.6 Å². The van der Waals surface area contributed by atoms with Crippen LogP contribution in [0.4, 0.5) is 10.2 Å². The Morgan fingerprint density at radius 2 is 2.04 bits per heavy atom. The molecular weight excluding hydrogens is 309 g/mol. The summed E-state index contributed by atoms with van der Waals surface area (Å²) in [4.78, 5) is 10.5. The molecule has 2 aromatic rings. The molecule has 1 aromatic heterocycles. The third kappa shape index (κ3) is 3.71. The lowest BCUT2D eigenvalue weighted by atomic mass is 9.96. The van der Waals surface area contributed by atoms with Crippen molar-refractivity contribution in [2.75, 3.05) is 18.1 Å². The molecule has 0 spiro atoms. The Balaban J connectivity index is 1.74. The molecule has 128 valence electrons. The Morgan fingerprint density at radius 1 is 1.29 bits per heavy atom. The van der Waals surface area contributed by atoms with Crippen molar-refractivity contribution in [3.05, 3.63) is 53.7 Å². The molecule has 0 bridgehead atoms. The van der Waals surface area contributed by atoms with Gasteiger partial charge >= 0.3 is 0 Å². The molecule has 24 heavy (non-hydrogen) atoms. The van der Waals surface area contributed by atoms with Crippen molar-refractivity contribution in [2.45, 2.75) is 37.8 Å². The Hall–Kier alpha value is -2.05. The van der Waals surface area contributed by atoms with E-state index in [1.165, 1.54) is 18.5 Å². The van der Waals surface area contributed by atoms with E-state index in [1.54, 1.807) is 12.1 Å². The first-order chi connectivity index (χ1) is 11.6. The molecule has 1 aliphatic heterocycles. The van der Waals surface area contributed by atoms with Crippen LogP contribution in [0.25, 0.3) is 0 Å². The number of β-amino-alcohol motifs (C(OH)–C–C–N with tert-alkyl or cyclic N) is 1. The average molecular weight is 331 g/mol. The van der Waals surface area contributed by atoms with Crippen molar-refractivity contribution in [3.63, 3.8) is 0 Å². The smallest absolute Gasteiger partial charge is 0.132 e. The quantitative estimate of drug-likeness (QED) is 0.876. The Kier molecular flexibility index (Phi) is 5.06. The fraction of sp³-hybridized carbons (Fsp3) is 0.444. The standard InChI is InChI=1S/C18H22FN3O2/c1-12(13-2-4-14(19)5-3-13)6-15-7-18(21-11-20-15)22-9-17(24)8-16(22)10-23/h2-5,7,11-12,16-17,23-24H,6,8-10H2,1H3/t12?,16-,17+/m0/s1. The van der Waals surface area contributed by atoms with Gasteiger partial charge in [0.15, 0.2) is 0 Å². The molecule has 1 aromatic carbocycles. The van der Waals surface area contributed by atoms with Gasteiger partial charge in [-0.1, -0.05) is 19.1 Å². The van der Waals surface area contributed by atoms with Crippen LogP contribution in [0.15, 0.2) is 36.7 Å². The highest BCUT2D eigenvalue weighted by Gasteiger charge is 2.31. The molecule has 2 N–H and O–H groups in total. The van der Waals surface area contributed by atoms with Crippen LogP contribution < -0.4 is 4.90 Å². The monoisotopic (exact) mass is 331 g/mol. The number of halogens is 1. The summed E-state index contributed by atoms with van der Waals surface area (Å²) in [5.41, 5.74) is 1.94. The molecule has 1 unspecified atom stereocenters. The molecule has 0 amide bonds. The van der Waals surface area contributed by atoms with Crippen molar-refractivity contribution in [1.82, 2.24) is 9.97 Å². The molecule has 0 radical (unpaired) electrons. The first kappa shape index (κ1) is 16.8. The van der Waals surface area contributed by atoms with Crippen LogP contribution in [0, 0.1) is 5.82 Å². The maximum absolute atomic E-state index is 13.0. The zero-order valence-electron chi connectivity index (χ0n) is 13.6. The first-order valence-electron chi connectivity index (χ1n) is 8.18. The molecular formula is C18H22FN3O2. The van der Waals surface area contributed by atoms with Crippen LogP contribution >= 0.6 is 0 Å². The van der Waals surface area contributed by atoms with Gasteiger partial charge in [-0.05, 0) is 36.5 Å². The fourth-order valence-electron chi connectivity index (χ4n) is 3.22. The minimum absolute atomic E-state index is 0.0115. The van der Waals surface area contributed by atoms with Gasteiger partial charge in [-0.25, -0.2) is 14.4 Å². The molecule has 3 rings (SSSR count). The summed E-state index contributed by atoms with van der Waals surface area (Å²) in [6.07, 6.45) is 2.32. The predicted molar refractivity (Wildman–Crippen MR) is 89.4 cm³/mol. The Morgan fingerprint density at radius 3 is 2.75 bits per heavy atom. The summed E-state index contributed by atoms with van der Waals surface area (Å²) in [7, 11) is 0. The third-order valence-corrected chi connectivity index (χ3v) is 4.56. The van der Waals surface area contributed by atoms with Crippen LogP contribution in [0.3, 0.4) is 0 Å². The average Bonchev–Trinajstić information content (AvgIpc) is 2.96. The normalized spacial score (nSPS) is 21.9. The molecule has 6 heteroatoms. The van der Waals surface area contributed by atoms with E-state index >= 15 is 0 Å². The maximum atomic E-state index is 13.0. The van der Waals surface area contributed by atoms with E-state index in [9.17, 15) is 14.6 Å². The van der Waals surface area contributed by atoms with Crippen LogP contribution in [-0.4, -0.2) is 45.5 Å². The van der Waals surface area contributed by atoms with E-state index < -0.39 is 6.10 Å². The molecule has 0 saturated carbocycles. The molecule has 1 saturated heterocycles. The topological polar surface area (TPSA) is 69.5 Å². The first-order valence-corrected chi connectivity index (χ1v) is 8.18. The summed E-state index contributed by atoms with van der Waals surface area (Å²) in [6.45, 7) is 2.53. The summed E-state index contributed by atoms with van der Waals surface area (Å²) in [5, 5.41) is 19.3. The van der Waals surface area contributed by atoms with Gasteiger partial charge in [0.2, 0.25) is 0 Å².